The fourth-order valence-electron chi connectivity index (χ4n) is 12.7. The first-order valence-electron chi connectivity index (χ1n) is 31.5. The second-order valence-corrected chi connectivity index (χ2v) is 22.9. The van der Waals surface area contributed by atoms with Crippen molar-refractivity contribution in [3.8, 4) is 57.1 Å². The van der Waals surface area contributed by atoms with E-state index in [4.69, 9.17) is 37.9 Å². The Hall–Kier alpha value is -10.8. The predicted molar refractivity (Wildman–Crippen MR) is 380 cm³/mol. The van der Waals surface area contributed by atoms with Crippen LogP contribution in [0.3, 0.4) is 0 Å². The van der Waals surface area contributed by atoms with Crippen molar-refractivity contribution in [2.45, 2.75) is 44.9 Å². The molecule has 10 aromatic rings. The highest BCUT2D eigenvalue weighted by atomic mass is 16.5. The molecule has 0 radical (unpaired) electrons. The van der Waals surface area contributed by atoms with Gasteiger partial charge >= 0.3 is 0 Å². The van der Waals surface area contributed by atoms with E-state index in [2.05, 4.69) is 182 Å². The zero-order valence-electron chi connectivity index (χ0n) is 54.7. The van der Waals surface area contributed by atoms with Crippen LogP contribution in [0.5, 0.6) is 46.0 Å². The first-order chi connectivity index (χ1) is 45.6. The zero-order chi connectivity index (χ0) is 64.8. The second kappa shape index (κ2) is 29.4. The Balaban J connectivity index is 1.16. The van der Waals surface area contributed by atoms with Gasteiger partial charge in [-0.25, -0.2) is 0 Å². The fourth-order valence-corrected chi connectivity index (χ4v) is 12.7. The van der Waals surface area contributed by atoms with Crippen LogP contribution < -0.4 is 47.7 Å². The molecule has 0 heterocycles. The molecular weight excluding hydrogens is 1150 g/mol. The van der Waals surface area contributed by atoms with Gasteiger partial charge in [-0.2, -0.15) is 0 Å². The monoisotopic (exact) mass is 1230 g/mol. The summed E-state index contributed by atoms with van der Waals surface area (Å²) in [6.07, 6.45) is 12.8. The van der Waals surface area contributed by atoms with Crippen molar-refractivity contribution in [1.29, 1.82) is 0 Å². The van der Waals surface area contributed by atoms with Crippen LogP contribution in [-0.2, 0) is 5.41 Å². The first-order valence-corrected chi connectivity index (χ1v) is 31.5. The fraction of sp³-hybridized carbons (Fsp3) is 0.181. The van der Waals surface area contributed by atoms with Crippen molar-refractivity contribution >= 4 is 33.7 Å². The van der Waals surface area contributed by atoms with Crippen LogP contribution in [0.1, 0.15) is 95.2 Å². The summed E-state index contributed by atoms with van der Waals surface area (Å²) in [5.74, 6) is 6.19. The lowest BCUT2D eigenvalue weighted by Gasteiger charge is -2.33. The minimum Gasteiger partial charge on any atom is -0.497 e. The third-order valence-electron chi connectivity index (χ3n) is 17.6. The van der Waals surface area contributed by atoms with Gasteiger partial charge in [0.05, 0.1) is 56.9 Å². The van der Waals surface area contributed by atoms with E-state index in [1.165, 1.54) is 22.3 Å². The summed E-state index contributed by atoms with van der Waals surface area (Å²) in [5.41, 5.74) is 18.7. The number of ether oxygens (including phenoxy) is 8. The van der Waals surface area contributed by atoms with E-state index in [0.29, 0.717) is 0 Å². The molecule has 0 unspecified atom stereocenters. The molecule has 11 rings (SSSR count). The van der Waals surface area contributed by atoms with Crippen molar-refractivity contribution in [1.82, 2.24) is 0 Å². The average Bonchev–Trinajstić information content (AvgIpc) is 1.57. The molecule has 1 aliphatic rings. The molecule has 93 heavy (non-hydrogen) atoms. The second-order valence-electron chi connectivity index (χ2n) is 22.9. The molecule has 0 spiro atoms. The molecule has 0 aliphatic heterocycles. The van der Waals surface area contributed by atoms with Gasteiger partial charge in [0.2, 0.25) is 0 Å². The number of nitrogens with zero attached hydrogens (tertiary/aromatic N) is 2. The molecule has 10 nitrogen and oxygen atoms in total. The van der Waals surface area contributed by atoms with Crippen molar-refractivity contribution in [2.75, 3.05) is 66.7 Å². The minimum atomic E-state index is -0.383. The average molecular weight is 1230 g/mol. The Morgan fingerprint density at radius 2 is 0.452 bits per heavy atom. The highest BCUT2D eigenvalue weighted by Crippen LogP contribution is 2.56. The first kappa shape index (κ1) is 63.7. The molecule has 0 fully saturated rings. The Morgan fingerprint density at radius 1 is 0.269 bits per heavy atom. The minimum absolute atomic E-state index is 0.383. The normalized spacial score (nSPS) is 11.6. The van der Waals surface area contributed by atoms with Gasteiger partial charge in [-0.3, -0.25) is 0 Å². The summed E-state index contributed by atoms with van der Waals surface area (Å²) < 4.78 is 45.6. The van der Waals surface area contributed by atoms with E-state index >= 15 is 0 Å². The van der Waals surface area contributed by atoms with E-state index in [9.17, 15) is 0 Å². The maximum atomic E-state index is 5.71. The Bertz CT molecular complexity index is 3570. The third-order valence-corrected chi connectivity index (χ3v) is 17.6. The molecule has 0 atom stereocenters. The lowest BCUT2D eigenvalue weighted by molar-refractivity contribution is 0.414. The van der Waals surface area contributed by atoms with Crippen LogP contribution in [0.15, 0.2) is 255 Å². The van der Waals surface area contributed by atoms with Crippen molar-refractivity contribution in [3.63, 3.8) is 0 Å². The largest absolute Gasteiger partial charge is 0.497 e. The summed E-state index contributed by atoms with van der Waals surface area (Å²) >= 11 is 0. The van der Waals surface area contributed by atoms with E-state index in [0.717, 1.165) is 150 Å². The van der Waals surface area contributed by atoms with Crippen LogP contribution in [-0.4, -0.2) is 56.9 Å². The SMILES string of the molecule is CCCC1(CCC)c2cc(N(C=C(c3ccc(OC)cc3)c3ccc(OC)cc3)C=C(c3ccc(OC)cc3)c3ccc(OC)cc3)ccc2-c2ccc(N(C=C(c3ccc(OC)cc3)c3ccc(OC)cc3)C=C(c3ccc(OC)cc3)c3ccc(OC)cc3)cc21. The molecule has 0 N–H and O–H groups in total. The summed E-state index contributed by atoms with van der Waals surface area (Å²) in [4.78, 5) is 4.62. The predicted octanol–water partition coefficient (Wildman–Crippen LogP) is 19.6. The van der Waals surface area contributed by atoms with Gasteiger partial charge in [-0.05, 0) is 201 Å². The van der Waals surface area contributed by atoms with Gasteiger partial charge in [0.15, 0.2) is 0 Å². The summed E-state index contributed by atoms with van der Waals surface area (Å²) in [7, 11) is 13.6. The summed E-state index contributed by atoms with van der Waals surface area (Å²) in [5, 5.41) is 0. The van der Waals surface area contributed by atoms with E-state index < -0.39 is 0 Å². The lowest BCUT2D eigenvalue weighted by Crippen LogP contribution is -2.25. The van der Waals surface area contributed by atoms with Crippen LogP contribution in [0, 0.1) is 0 Å². The topological polar surface area (TPSA) is 80.3 Å². The number of rotatable bonds is 26. The molecule has 0 saturated heterocycles. The smallest absolute Gasteiger partial charge is 0.118 e. The molecule has 0 bridgehead atoms. The summed E-state index contributed by atoms with van der Waals surface area (Å²) in [6.45, 7) is 4.63. The van der Waals surface area contributed by atoms with Gasteiger partial charge in [0, 0.05) is 63.9 Å². The zero-order valence-corrected chi connectivity index (χ0v) is 54.7. The van der Waals surface area contributed by atoms with Gasteiger partial charge in [0.1, 0.15) is 46.0 Å². The van der Waals surface area contributed by atoms with E-state index in [-0.39, 0.29) is 5.41 Å². The van der Waals surface area contributed by atoms with Crippen molar-refractivity contribution in [2.24, 2.45) is 0 Å². The summed E-state index contributed by atoms with van der Waals surface area (Å²) in [6, 6.07) is 80.4. The number of hydrogen-bond acceptors (Lipinski definition) is 10. The number of benzene rings is 10. The van der Waals surface area contributed by atoms with Crippen molar-refractivity contribution in [3.05, 3.63) is 311 Å². The quantitative estimate of drug-likeness (QED) is 0.0523. The van der Waals surface area contributed by atoms with Gasteiger partial charge in [-0.1, -0.05) is 136 Å². The molecular formula is C83H80N2O8. The Kier molecular flexibility index (Phi) is 20.2. The Morgan fingerprint density at radius 3 is 0.613 bits per heavy atom. The van der Waals surface area contributed by atoms with E-state index in [1.807, 2.05) is 97.1 Å². The molecule has 0 saturated carbocycles. The van der Waals surface area contributed by atoms with Gasteiger partial charge in [0.25, 0.3) is 0 Å². The molecule has 10 aromatic carbocycles. The number of methoxy groups -OCH3 is 8. The van der Waals surface area contributed by atoms with Crippen molar-refractivity contribution < 1.29 is 37.9 Å². The van der Waals surface area contributed by atoms with Gasteiger partial charge in [-0.15, -0.1) is 0 Å². The van der Waals surface area contributed by atoms with Crippen LogP contribution in [0.2, 0.25) is 0 Å². The maximum Gasteiger partial charge on any atom is 0.118 e. The number of hydrogen-bond donors (Lipinski definition) is 0. The van der Waals surface area contributed by atoms with Crippen LogP contribution >= 0.6 is 0 Å². The maximum absolute atomic E-state index is 5.71. The molecule has 470 valence electrons. The van der Waals surface area contributed by atoms with Gasteiger partial charge < -0.3 is 47.7 Å². The Labute approximate surface area is 548 Å². The van der Waals surface area contributed by atoms with Crippen LogP contribution in [0.25, 0.3) is 33.4 Å². The highest BCUT2D eigenvalue weighted by molar-refractivity contribution is 5.91. The number of fused-ring (bicyclic) bond motifs is 3. The van der Waals surface area contributed by atoms with Crippen LogP contribution in [0.4, 0.5) is 11.4 Å². The molecule has 0 amide bonds. The van der Waals surface area contributed by atoms with E-state index in [1.54, 1.807) is 56.9 Å². The molecule has 0 aromatic heterocycles. The number of anilines is 2. The standard InChI is InChI=1S/C83H80N2O8/c1-11-49-83(50-12-2)81-51-65(84(53-77(57-13-31-67(86-3)32-14-57)58-15-33-68(87-4)34-16-58)54-78(59-17-35-69(88-5)36-18-59)60-19-37-70(89-6)38-20-60)29-47-75(81)76-48-30-66(52-82(76)83)85(55-79(61-21-39-71(90-7)40-22-61)62-23-41-72(91-8)42-24-62)56-80(63-25-43-73(92-9)44-26-63)64-27-45-74(93-10)46-28-64/h13-48,51-56H,11-12,49-50H2,1-10H3. The molecule has 1 aliphatic carbocycles. The molecule has 10 heteroatoms. The third kappa shape index (κ3) is 13.9. The highest BCUT2D eigenvalue weighted by Gasteiger charge is 2.42. The lowest BCUT2D eigenvalue weighted by atomic mass is 9.71.